The molecule has 2 aromatic rings. The molecule has 0 aromatic heterocycles. The van der Waals surface area contributed by atoms with Gasteiger partial charge in [0.05, 0.1) is 12.1 Å². The number of para-hydroxylation sites is 1. The second-order valence-corrected chi connectivity index (χ2v) is 6.92. The molecule has 2 aromatic carbocycles. The fourth-order valence-corrected chi connectivity index (χ4v) is 3.31. The van der Waals surface area contributed by atoms with Gasteiger partial charge < -0.3 is 21.3 Å². The molecule has 158 valence electrons. The molecule has 0 aliphatic carbocycles. The molecular formula is C22H26FN5O2. The minimum absolute atomic E-state index is 0.00571. The Balaban J connectivity index is 1.53. The first-order valence-corrected chi connectivity index (χ1v) is 10.0. The number of carbonyl (C=O) groups is 2. The number of amides is 2. The van der Waals surface area contributed by atoms with Crippen LogP contribution in [0.2, 0.25) is 0 Å². The molecule has 1 unspecified atom stereocenters. The van der Waals surface area contributed by atoms with Crippen molar-refractivity contribution in [3.63, 3.8) is 0 Å². The van der Waals surface area contributed by atoms with E-state index in [-0.39, 0.29) is 17.4 Å². The third-order valence-corrected chi connectivity index (χ3v) is 4.74. The topological polar surface area (TPSA) is 94.6 Å². The van der Waals surface area contributed by atoms with E-state index in [0.717, 1.165) is 11.3 Å². The number of carbonyl (C=O) groups excluding carboxylic acids is 2. The molecule has 0 saturated carbocycles. The highest BCUT2D eigenvalue weighted by molar-refractivity contribution is 5.95. The van der Waals surface area contributed by atoms with E-state index in [2.05, 4.69) is 26.3 Å². The van der Waals surface area contributed by atoms with Crippen LogP contribution in [0, 0.1) is 5.82 Å². The average Bonchev–Trinajstić information content (AvgIpc) is 2.74. The van der Waals surface area contributed by atoms with Gasteiger partial charge in [-0.25, -0.2) is 4.39 Å². The lowest BCUT2D eigenvalue weighted by atomic mass is 9.91. The predicted molar refractivity (Wildman–Crippen MR) is 115 cm³/mol. The zero-order valence-electron chi connectivity index (χ0n) is 16.9. The fourth-order valence-electron chi connectivity index (χ4n) is 3.31. The SMILES string of the molecule is CCNC(=NCC1CC(=O)Nc2ccccc21)NCCNC(=O)c1ccccc1F. The second kappa shape index (κ2) is 10.4. The van der Waals surface area contributed by atoms with Crippen LogP contribution in [0.25, 0.3) is 0 Å². The Labute approximate surface area is 175 Å². The van der Waals surface area contributed by atoms with Crippen LogP contribution in [0.15, 0.2) is 53.5 Å². The van der Waals surface area contributed by atoms with Gasteiger partial charge in [0.2, 0.25) is 5.91 Å². The van der Waals surface area contributed by atoms with Crippen molar-refractivity contribution < 1.29 is 14.0 Å². The molecule has 3 rings (SSSR count). The summed E-state index contributed by atoms with van der Waals surface area (Å²) < 4.78 is 13.7. The lowest BCUT2D eigenvalue weighted by Crippen LogP contribution is -2.42. The van der Waals surface area contributed by atoms with Gasteiger partial charge in [0.25, 0.3) is 5.91 Å². The quantitative estimate of drug-likeness (QED) is 0.319. The molecule has 0 fully saturated rings. The molecule has 1 aliphatic rings. The summed E-state index contributed by atoms with van der Waals surface area (Å²) in [6.07, 6.45) is 0.388. The molecule has 30 heavy (non-hydrogen) atoms. The number of fused-ring (bicyclic) bond motifs is 1. The van der Waals surface area contributed by atoms with Gasteiger partial charge >= 0.3 is 0 Å². The Morgan fingerprint density at radius 1 is 1.10 bits per heavy atom. The van der Waals surface area contributed by atoms with E-state index in [1.54, 1.807) is 12.1 Å². The molecular weight excluding hydrogens is 385 g/mol. The molecule has 0 saturated heterocycles. The van der Waals surface area contributed by atoms with E-state index in [4.69, 9.17) is 0 Å². The van der Waals surface area contributed by atoms with Crippen molar-refractivity contribution in [2.75, 3.05) is 31.5 Å². The normalized spacial score (nSPS) is 15.7. The standard InChI is InChI=1S/C22H26FN5O2/c1-2-24-22(26-12-11-25-21(30)17-8-3-5-9-18(17)23)27-14-15-13-20(29)28-19-10-6-4-7-16(15)19/h3-10,15H,2,11-14H2,1H3,(H,25,30)(H,28,29)(H2,24,26,27). The molecule has 1 heterocycles. The summed E-state index contributed by atoms with van der Waals surface area (Å²) in [7, 11) is 0. The van der Waals surface area contributed by atoms with Crippen LogP contribution in [-0.4, -0.2) is 44.0 Å². The number of guanidine groups is 1. The van der Waals surface area contributed by atoms with Gasteiger partial charge in [-0.15, -0.1) is 0 Å². The third kappa shape index (κ3) is 5.56. The Morgan fingerprint density at radius 3 is 2.63 bits per heavy atom. The summed E-state index contributed by atoms with van der Waals surface area (Å²) >= 11 is 0. The van der Waals surface area contributed by atoms with Crippen LogP contribution in [-0.2, 0) is 4.79 Å². The number of hydrogen-bond donors (Lipinski definition) is 4. The van der Waals surface area contributed by atoms with Crippen molar-refractivity contribution in [2.24, 2.45) is 4.99 Å². The second-order valence-electron chi connectivity index (χ2n) is 6.92. The van der Waals surface area contributed by atoms with Crippen molar-refractivity contribution in [3.8, 4) is 0 Å². The Bertz CT molecular complexity index is 931. The van der Waals surface area contributed by atoms with Gasteiger partial charge in [0.15, 0.2) is 5.96 Å². The van der Waals surface area contributed by atoms with E-state index in [1.165, 1.54) is 12.1 Å². The summed E-state index contributed by atoms with van der Waals surface area (Å²) in [6, 6.07) is 13.6. The highest BCUT2D eigenvalue weighted by Crippen LogP contribution is 2.31. The molecule has 1 atom stereocenters. The average molecular weight is 411 g/mol. The number of halogens is 1. The van der Waals surface area contributed by atoms with Gasteiger partial charge in [-0.2, -0.15) is 0 Å². The van der Waals surface area contributed by atoms with E-state index in [1.807, 2.05) is 31.2 Å². The van der Waals surface area contributed by atoms with Gasteiger partial charge in [-0.05, 0) is 30.7 Å². The third-order valence-electron chi connectivity index (χ3n) is 4.74. The van der Waals surface area contributed by atoms with E-state index < -0.39 is 11.7 Å². The van der Waals surface area contributed by atoms with Gasteiger partial charge in [0, 0.05) is 37.7 Å². The Morgan fingerprint density at radius 2 is 1.83 bits per heavy atom. The lowest BCUT2D eigenvalue weighted by molar-refractivity contribution is -0.116. The van der Waals surface area contributed by atoms with Crippen LogP contribution in [0.1, 0.15) is 35.2 Å². The number of anilines is 1. The molecule has 0 bridgehead atoms. The molecule has 8 heteroatoms. The summed E-state index contributed by atoms with van der Waals surface area (Å²) in [5.41, 5.74) is 1.93. The smallest absolute Gasteiger partial charge is 0.254 e. The zero-order valence-corrected chi connectivity index (χ0v) is 16.9. The largest absolute Gasteiger partial charge is 0.357 e. The predicted octanol–water partition coefficient (Wildman–Crippen LogP) is 2.24. The maximum absolute atomic E-state index is 13.7. The molecule has 2 amide bonds. The minimum Gasteiger partial charge on any atom is -0.357 e. The summed E-state index contributed by atoms with van der Waals surface area (Å²) in [6.45, 7) is 3.83. The monoisotopic (exact) mass is 411 g/mol. The minimum atomic E-state index is -0.547. The highest BCUT2D eigenvalue weighted by atomic mass is 19.1. The number of aliphatic imine (C=N–C) groups is 1. The van der Waals surface area contributed by atoms with Crippen LogP contribution >= 0.6 is 0 Å². The molecule has 1 aliphatic heterocycles. The summed E-state index contributed by atoms with van der Waals surface area (Å²) in [5.74, 6) is -0.411. The number of nitrogens with zero attached hydrogens (tertiary/aromatic N) is 1. The van der Waals surface area contributed by atoms with E-state index in [0.29, 0.717) is 38.6 Å². The first kappa shape index (κ1) is 21.3. The summed E-state index contributed by atoms with van der Waals surface area (Å²) in [4.78, 5) is 28.6. The van der Waals surface area contributed by atoms with Crippen LogP contribution < -0.4 is 21.3 Å². The molecule has 0 spiro atoms. The number of nitrogens with one attached hydrogen (secondary N) is 4. The van der Waals surface area contributed by atoms with Gasteiger partial charge in [-0.3, -0.25) is 14.6 Å². The van der Waals surface area contributed by atoms with Gasteiger partial charge in [-0.1, -0.05) is 30.3 Å². The van der Waals surface area contributed by atoms with Crippen molar-refractivity contribution in [1.29, 1.82) is 0 Å². The highest BCUT2D eigenvalue weighted by Gasteiger charge is 2.24. The zero-order chi connectivity index (χ0) is 21.3. The number of benzene rings is 2. The van der Waals surface area contributed by atoms with E-state index in [9.17, 15) is 14.0 Å². The first-order valence-electron chi connectivity index (χ1n) is 10.0. The van der Waals surface area contributed by atoms with E-state index >= 15 is 0 Å². The Hall–Kier alpha value is -3.42. The Kier molecular flexibility index (Phi) is 7.37. The van der Waals surface area contributed by atoms with Crippen molar-refractivity contribution in [3.05, 3.63) is 65.5 Å². The summed E-state index contributed by atoms with van der Waals surface area (Å²) in [5, 5.41) is 11.9. The maximum Gasteiger partial charge on any atom is 0.254 e. The molecule has 7 nitrogen and oxygen atoms in total. The van der Waals surface area contributed by atoms with Crippen LogP contribution in [0.4, 0.5) is 10.1 Å². The maximum atomic E-state index is 13.7. The van der Waals surface area contributed by atoms with Gasteiger partial charge in [0.1, 0.15) is 5.82 Å². The molecule has 4 N–H and O–H groups in total. The lowest BCUT2D eigenvalue weighted by Gasteiger charge is -2.24. The number of rotatable bonds is 7. The van der Waals surface area contributed by atoms with Crippen LogP contribution in [0.5, 0.6) is 0 Å². The fraction of sp³-hybridized carbons (Fsp3) is 0.318. The van der Waals surface area contributed by atoms with Crippen molar-refractivity contribution in [2.45, 2.75) is 19.3 Å². The van der Waals surface area contributed by atoms with Crippen molar-refractivity contribution >= 4 is 23.5 Å². The first-order chi connectivity index (χ1) is 14.6. The van der Waals surface area contributed by atoms with Crippen molar-refractivity contribution in [1.82, 2.24) is 16.0 Å². The molecule has 0 radical (unpaired) electrons. The van der Waals surface area contributed by atoms with Crippen LogP contribution in [0.3, 0.4) is 0 Å². The number of hydrogen-bond acceptors (Lipinski definition) is 3.